The average molecular weight is 504 g/mol. The SMILES string of the molecule is CC(c1ccc(Cl)cc1Cl)C(O)(c1ccc2c(c1)CN(C(=O)OC(C)(C)C)CC2)C(F)(F)F. The zero-order valence-electron chi connectivity index (χ0n) is 18.8. The number of hydrogen-bond acceptors (Lipinski definition) is 3. The molecular weight excluding hydrogens is 478 g/mol. The summed E-state index contributed by atoms with van der Waals surface area (Å²) in [6.45, 7) is 6.98. The van der Waals surface area contributed by atoms with Crippen LogP contribution in [0.4, 0.5) is 18.0 Å². The van der Waals surface area contributed by atoms with Gasteiger partial charge in [-0.15, -0.1) is 0 Å². The largest absolute Gasteiger partial charge is 0.444 e. The van der Waals surface area contributed by atoms with Crippen LogP contribution in [0.25, 0.3) is 0 Å². The van der Waals surface area contributed by atoms with Crippen LogP contribution in [0.15, 0.2) is 36.4 Å². The number of amides is 1. The number of benzene rings is 2. The number of nitrogens with zero attached hydrogens (tertiary/aromatic N) is 1. The minimum atomic E-state index is -5.00. The molecule has 3 rings (SSSR count). The van der Waals surface area contributed by atoms with Gasteiger partial charge in [-0.05, 0) is 61.6 Å². The molecule has 1 N–H and O–H groups in total. The number of hydrogen-bond donors (Lipinski definition) is 1. The Hall–Kier alpha value is -1.96. The second-order valence-electron chi connectivity index (χ2n) is 9.29. The molecule has 4 nitrogen and oxygen atoms in total. The molecule has 0 bridgehead atoms. The number of aliphatic hydroxyl groups is 1. The summed E-state index contributed by atoms with van der Waals surface area (Å²) in [6.07, 6.45) is -5.06. The summed E-state index contributed by atoms with van der Waals surface area (Å²) in [5, 5.41) is 11.5. The van der Waals surface area contributed by atoms with Crippen molar-refractivity contribution in [2.75, 3.05) is 6.54 Å². The van der Waals surface area contributed by atoms with Crippen LogP contribution in [-0.4, -0.2) is 34.4 Å². The third-order valence-electron chi connectivity index (χ3n) is 5.80. The minimum Gasteiger partial charge on any atom is -0.444 e. The van der Waals surface area contributed by atoms with Crippen LogP contribution in [0, 0.1) is 0 Å². The van der Waals surface area contributed by atoms with Crippen molar-refractivity contribution >= 4 is 29.3 Å². The maximum absolute atomic E-state index is 14.4. The Bertz CT molecular complexity index is 1050. The summed E-state index contributed by atoms with van der Waals surface area (Å²) >= 11 is 12.1. The topological polar surface area (TPSA) is 49.8 Å². The Morgan fingerprint density at radius 2 is 1.76 bits per heavy atom. The smallest absolute Gasteiger partial charge is 0.422 e. The van der Waals surface area contributed by atoms with E-state index in [1.54, 1.807) is 26.8 Å². The normalized spacial score (nSPS) is 17.2. The molecule has 1 aliphatic heterocycles. The molecule has 0 radical (unpaired) electrons. The Morgan fingerprint density at radius 3 is 2.33 bits per heavy atom. The van der Waals surface area contributed by atoms with E-state index in [1.165, 1.54) is 42.2 Å². The van der Waals surface area contributed by atoms with Crippen LogP contribution in [0.3, 0.4) is 0 Å². The lowest BCUT2D eigenvalue weighted by atomic mass is 9.76. The highest BCUT2D eigenvalue weighted by Gasteiger charge is 2.59. The molecule has 0 saturated carbocycles. The lowest BCUT2D eigenvalue weighted by molar-refractivity contribution is -0.274. The maximum Gasteiger partial charge on any atom is 0.422 e. The molecule has 2 unspecified atom stereocenters. The molecule has 2 atom stereocenters. The lowest BCUT2D eigenvalue weighted by Crippen LogP contribution is -2.47. The van der Waals surface area contributed by atoms with Gasteiger partial charge in [0.2, 0.25) is 0 Å². The van der Waals surface area contributed by atoms with Crippen LogP contribution in [0.1, 0.15) is 55.9 Å². The fourth-order valence-corrected chi connectivity index (χ4v) is 4.59. The fraction of sp³-hybridized carbons (Fsp3) is 0.458. The van der Waals surface area contributed by atoms with Crippen molar-refractivity contribution in [1.82, 2.24) is 4.90 Å². The molecule has 1 amide bonds. The first-order valence-electron chi connectivity index (χ1n) is 10.5. The molecule has 2 aromatic carbocycles. The number of alkyl halides is 3. The predicted molar refractivity (Wildman–Crippen MR) is 122 cm³/mol. The first kappa shape index (κ1) is 25.7. The van der Waals surface area contributed by atoms with E-state index in [1.807, 2.05) is 0 Å². The Kier molecular flexibility index (Phi) is 7.00. The highest BCUT2D eigenvalue weighted by atomic mass is 35.5. The minimum absolute atomic E-state index is 0.0340. The average Bonchev–Trinajstić information content (AvgIpc) is 2.69. The molecule has 0 saturated heterocycles. The third-order valence-corrected chi connectivity index (χ3v) is 6.36. The van der Waals surface area contributed by atoms with Gasteiger partial charge in [-0.1, -0.05) is 54.4 Å². The zero-order chi connectivity index (χ0) is 24.8. The number of carbonyl (C=O) groups is 1. The van der Waals surface area contributed by atoms with E-state index in [0.717, 1.165) is 5.56 Å². The maximum atomic E-state index is 14.4. The molecule has 180 valence electrons. The van der Waals surface area contributed by atoms with Crippen molar-refractivity contribution < 1.29 is 27.8 Å². The number of fused-ring (bicyclic) bond motifs is 1. The summed E-state index contributed by atoms with van der Waals surface area (Å²) in [4.78, 5) is 13.9. The summed E-state index contributed by atoms with van der Waals surface area (Å²) in [6, 6.07) is 8.34. The standard InChI is InChI=1S/C24H26Cl2F3NO3/c1-14(19-8-7-18(25)12-20(19)26)23(32,24(27,28)29)17-6-5-15-9-10-30(13-16(15)11-17)21(31)33-22(2,3)4/h5-8,11-12,14,32H,9-10,13H2,1-4H3. The molecule has 0 fully saturated rings. The first-order valence-corrected chi connectivity index (χ1v) is 11.2. The second-order valence-corrected chi connectivity index (χ2v) is 10.1. The molecule has 0 aliphatic carbocycles. The Morgan fingerprint density at radius 1 is 1.09 bits per heavy atom. The van der Waals surface area contributed by atoms with E-state index in [2.05, 4.69) is 0 Å². The van der Waals surface area contributed by atoms with Crippen LogP contribution in [-0.2, 0) is 23.3 Å². The number of ether oxygens (including phenoxy) is 1. The van der Waals surface area contributed by atoms with Crippen molar-refractivity contribution in [3.05, 3.63) is 68.7 Å². The zero-order valence-corrected chi connectivity index (χ0v) is 20.3. The molecule has 2 aromatic rings. The van der Waals surface area contributed by atoms with Crippen molar-refractivity contribution in [3.8, 4) is 0 Å². The molecule has 9 heteroatoms. The molecule has 0 aromatic heterocycles. The van der Waals surface area contributed by atoms with Crippen molar-refractivity contribution in [1.29, 1.82) is 0 Å². The lowest BCUT2D eigenvalue weighted by Gasteiger charge is -2.38. The monoisotopic (exact) mass is 503 g/mol. The van der Waals surface area contributed by atoms with Crippen LogP contribution in [0.5, 0.6) is 0 Å². The van der Waals surface area contributed by atoms with Crippen molar-refractivity contribution in [2.24, 2.45) is 0 Å². The molecule has 33 heavy (non-hydrogen) atoms. The van der Waals surface area contributed by atoms with Gasteiger partial charge in [0.1, 0.15) is 5.60 Å². The van der Waals surface area contributed by atoms with Crippen LogP contribution < -0.4 is 0 Å². The first-order chi connectivity index (χ1) is 15.1. The van der Waals surface area contributed by atoms with Gasteiger partial charge in [-0.2, -0.15) is 13.2 Å². The molecule has 0 spiro atoms. The van der Waals surface area contributed by atoms with Crippen molar-refractivity contribution in [3.63, 3.8) is 0 Å². The molecule has 1 aliphatic rings. The second kappa shape index (κ2) is 9.01. The van der Waals surface area contributed by atoms with Gasteiger partial charge >= 0.3 is 12.3 Å². The fourth-order valence-electron chi connectivity index (χ4n) is 4.01. The van der Waals surface area contributed by atoms with Gasteiger partial charge in [-0.25, -0.2) is 4.79 Å². The summed E-state index contributed by atoms with van der Waals surface area (Å²) in [7, 11) is 0. The molecular formula is C24H26Cl2F3NO3. The summed E-state index contributed by atoms with van der Waals surface area (Å²) in [5.74, 6) is -1.43. The van der Waals surface area contributed by atoms with E-state index in [-0.39, 0.29) is 27.7 Å². The molecule has 1 heterocycles. The van der Waals surface area contributed by atoms with E-state index in [9.17, 15) is 23.1 Å². The number of carbonyl (C=O) groups excluding carboxylic acids is 1. The summed E-state index contributed by atoms with van der Waals surface area (Å²) < 4.78 is 48.5. The van der Waals surface area contributed by atoms with Gasteiger partial charge in [-0.3, -0.25) is 0 Å². The van der Waals surface area contributed by atoms with E-state index in [4.69, 9.17) is 27.9 Å². The van der Waals surface area contributed by atoms with Gasteiger partial charge in [0.25, 0.3) is 0 Å². The Labute approximate surface area is 201 Å². The van der Waals surface area contributed by atoms with E-state index in [0.29, 0.717) is 18.5 Å². The highest BCUT2D eigenvalue weighted by Crippen LogP contribution is 2.50. The summed E-state index contributed by atoms with van der Waals surface area (Å²) in [5.41, 5.74) is -2.76. The van der Waals surface area contributed by atoms with E-state index >= 15 is 0 Å². The van der Waals surface area contributed by atoms with Gasteiger partial charge in [0.05, 0.1) is 0 Å². The van der Waals surface area contributed by atoms with Crippen LogP contribution >= 0.6 is 23.2 Å². The van der Waals surface area contributed by atoms with Gasteiger partial charge in [0.15, 0.2) is 5.60 Å². The van der Waals surface area contributed by atoms with Crippen LogP contribution in [0.2, 0.25) is 10.0 Å². The predicted octanol–water partition coefficient (Wildman–Crippen LogP) is 6.84. The number of rotatable bonds is 3. The van der Waals surface area contributed by atoms with E-state index < -0.39 is 29.4 Å². The quantitative estimate of drug-likeness (QED) is 0.498. The van der Waals surface area contributed by atoms with Crippen molar-refractivity contribution in [2.45, 2.75) is 64.0 Å². The van der Waals surface area contributed by atoms with Gasteiger partial charge < -0.3 is 14.7 Å². The number of halogens is 5. The third kappa shape index (κ3) is 5.26. The Balaban J connectivity index is 2.01. The van der Waals surface area contributed by atoms with Gasteiger partial charge in [0, 0.05) is 29.1 Å². The highest BCUT2D eigenvalue weighted by molar-refractivity contribution is 6.35.